The van der Waals surface area contributed by atoms with Gasteiger partial charge in [-0.1, -0.05) is 32.6 Å². The molecule has 1 aromatic carbocycles. The number of ether oxygens (including phenoxy) is 1. The Hall–Kier alpha value is -1.70. The number of amides is 1. The number of hydrogen-bond donors (Lipinski definition) is 0. The van der Waals surface area contributed by atoms with Gasteiger partial charge in [0.05, 0.1) is 4.92 Å². The highest BCUT2D eigenvalue weighted by atomic mass is 32.2. The predicted molar refractivity (Wildman–Crippen MR) is 130 cm³/mol. The van der Waals surface area contributed by atoms with Crippen molar-refractivity contribution in [2.45, 2.75) is 80.4 Å². The van der Waals surface area contributed by atoms with E-state index in [1.165, 1.54) is 17.8 Å². The summed E-state index contributed by atoms with van der Waals surface area (Å²) in [5.74, 6) is -0.364. The first-order chi connectivity index (χ1) is 14.8. The van der Waals surface area contributed by atoms with Gasteiger partial charge in [-0.3, -0.25) is 14.9 Å². The minimum atomic E-state index is -1.64. The Morgan fingerprint density at radius 2 is 1.91 bits per heavy atom. The number of rotatable bonds is 5. The molecular formula is C21H31N3O5SSi2. The number of nitro benzene ring substituents is 1. The zero-order chi connectivity index (χ0) is 23.6. The number of hydrogen-bond acceptors (Lipinski definition) is 7. The minimum absolute atomic E-state index is 0.00663. The van der Waals surface area contributed by atoms with E-state index in [1.54, 1.807) is 28.8 Å². The number of nitro groups is 1. The molecule has 0 saturated carbocycles. The molecule has 0 spiro atoms. The molecule has 4 rings (SSSR count). The molecule has 1 unspecified atom stereocenters. The van der Waals surface area contributed by atoms with Gasteiger partial charge < -0.3 is 14.2 Å². The highest BCUT2D eigenvalue weighted by Crippen LogP contribution is 2.54. The van der Waals surface area contributed by atoms with Crippen LogP contribution in [-0.2, 0) is 20.9 Å². The van der Waals surface area contributed by atoms with Crippen LogP contribution in [0.3, 0.4) is 0 Å². The summed E-state index contributed by atoms with van der Waals surface area (Å²) in [6, 6.07) is 5.18. The van der Waals surface area contributed by atoms with Crippen LogP contribution in [0.2, 0.25) is 18.8 Å². The van der Waals surface area contributed by atoms with Crippen LogP contribution in [0.4, 0.5) is 5.69 Å². The van der Waals surface area contributed by atoms with Crippen LogP contribution in [-0.4, -0.2) is 71.4 Å². The SMILES string of the molecule is CC1(C)S[C@@H]2C(N3C(C)(C)[SiH2]C[Si]3(C)C)C(=O)N2[C@H]1C(=O)OCc1ccc([N+](=O)[O-])cc1. The van der Waals surface area contributed by atoms with Crippen molar-refractivity contribution in [3.05, 3.63) is 39.9 Å². The van der Waals surface area contributed by atoms with E-state index in [-0.39, 0.29) is 44.3 Å². The van der Waals surface area contributed by atoms with Gasteiger partial charge >= 0.3 is 5.97 Å². The quantitative estimate of drug-likeness (QED) is 0.204. The van der Waals surface area contributed by atoms with Crippen molar-refractivity contribution in [3.8, 4) is 0 Å². The van der Waals surface area contributed by atoms with Crippen LogP contribution in [0.1, 0.15) is 33.3 Å². The third kappa shape index (κ3) is 3.72. The number of esters is 1. The fraction of sp³-hybridized carbons (Fsp3) is 0.619. The Labute approximate surface area is 196 Å². The third-order valence-electron chi connectivity index (χ3n) is 7.10. The molecule has 0 N–H and O–H groups in total. The Kier molecular flexibility index (Phi) is 5.63. The number of carbonyl (C=O) groups is 2. The normalized spacial score (nSPS) is 30.8. The first-order valence-corrected chi connectivity index (χ1v) is 16.7. The lowest BCUT2D eigenvalue weighted by Crippen LogP contribution is -2.75. The highest BCUT2D eigenvalue weighted by Gasteiger charge is 2.68. The fourth-order valence-corrected chi connectivity index (χ4v) is 17.9. The first kappa shape index (κ1) is 23.5. The van der Waals surface area contributed by atoms with Crippen molar-refractivity contribution in [1.29, 1.82) is 0 Å². The summed E-state index contributed by atoms with van der Waals surface area (Å²) in [4.78, 5) is 38.6. The summed E-state index contributed by atoms with van der Waals surface area (Å²) >= 11 is 1.71. The minimum Gasteiger partial charge on any atom is -0.459 e. The van der Waals surface area contributed by atoms with Crippen LogP contribution in [0.25, 0.3) is 0 Å². The number of thioether (sulfide) groups is 1. The summed E-state index contributed by atoms with van der Waals surface area (Å²) in [5, 5.41) is 10.9. The number of non-ortho nitro benzene ring substituents is 1. The van der Waals surface area contributed by atoms with Crippen molar-refractivity contribution in [3.63, 3.8) is 0 Å². The molecule has 3 atom stereocenters. The number of β-lactam (4-membered cyclic amide) rings is 1. The van der Waals surface area contributed by atoms with Crippen molar-refractivity contribution < 1.29 is 19.2 Å². The molecule has 3 aliphatic rings. The monoisotopic (exact) mass is 493 g/mol. The zero-order valence-electron chi connectivity index (χ0n) is 19.5. The molecule has 1 amide bonds. The molecule has 3 fully saturated rings. The van der Waals surface area contributed by atoms with Crippen molar-refractivity contribution in [2.75, 3.05) is 0 Å². The van der Waals surface area contributed by atoms with Crippen LogP contribution in [0, 0.1) is 10.1 Å². The van der Waals surface area contributed by atoms with Gasteiger partial charge in [-0.15, -0.1) is 11.8 Å². The van der Waals surface area contributed by atoms with E-state index in [4.69, 9.17) is 4.74 Å². The van der Waals surface area contributed by atoms with Gasteiger partial charge in [0.25, 0.3) is 5.69 Å². The molecule has 11 heteroatoms. The lowest BCUT2D eigenvalue weighted by molar-refractivity contribution is -0.384. The van der Waals surface area contributed by atoms with E-state index in [0.717, 1.165) is 0 Å². The summed E-state index contributed by atoms with van der Waals surface area (Å²) in [6.45, 7) is 13.3. The van der Waals surface area contributed by atoms with Crippen LogP contribution in [0.5, 0.6) is 0 Å². The summed E-state index contributed by atoms with van der Waals surface area (Å²) in [7, 11) is -1.91. The van der Waals surface area contributed by atoms with Gasteiger partial charge in [0.2, 0.25) is 5.91 Å². The van der Waals surface area contributed by atoms with Crippen LogP contribution >= 0.6 is 11.8 Å². The summed E-state index contributed by atoms with van der Waals surface area (Å²) in [5.41, 5.74) is 1.98. The van der Waals surface area contributed by atoms with Gasteiger partial charge in [0.15, 0.2) is 0 Å². The lowest BCUT2D eigenvalue weighted by Gasteiger charge is -2.55. The second kappa shape index (κ2) is 7.68. The number of benzene rings is 1. The van der Waals surface area contributed by atoms with Gasteiger partial charge in [0.1, 0.15) is 32.3 Å². The van der Waals surface area contributed by atoms with Gasteiger partial charge in [-0.25, -0.2) is 4.79 Å². The standard InChI is InChI=1S/C21H31N3O5SSi2/c1-20(2)16(19(26)29-11-13-7-9-14(10-8-13)24(27)28)22-17(25)15(18(22)30-20)23-21(3,4)31-12-32(23,5)6/h7-10,15-16,18H,11-12,31H2,1-6H3/t15?,16-,18+/m0/s1. The van der Waals surface area contributed by atoms with Gasteiger partial charge in [-0.05, 0) is 36.7 Å². The topological polar surface area (TPSA) is 93.0 Å². The van der Waals surface area contributed by atoms with Gasteiger partial charge in [-0.2, -0.15) is 0 Å². The molecule has 8 nitrogen and oxygen atoms in total. The Balaban J connectivity index is 1.48. The third-order valence-corrected chi connectivity index (χ3v) is 18.6. The molecule has 0 radical (unpaired) electrons. The first-order valence-electron chi connectivity index (χ1n) is 11.0. The predicted octanol–water partition coefficient (Wildman–Crippen LogP) is 2.45. The molecule has 3 aliphatic heterocycles. The number of carbonyl (C=O) groups excluding carboxylic acids is 2. The van der Waals surface area contributed by atoms with Crippen molar-refractivity contribution >= 4 is 47.1 Å². The average molecular weight is 494 g/mol. The molecule has 174 valence electrons. The van der Waals surface area contributed by atoms with E-state index < -0.39 is 29.9 Å². The second-order valence-corrected chi connectivity index (χ2v) is 20.8. The van der Waals surface area contributed by atoms with Crippen molar-refractivity contribution in [1.82, 2.24) is 9.47 Å². The zero-order valence-corrected chi connectivity index (χ0v) is 22.7. The average Bonchev–Trinajstić information content (AvgIpc) is 3.08. The van der Waals surface area contributed by atoms with E-state index >= 15 is 0 Å². The molecule has 0 bridgehead atoms. The highest BCUT2D eigenvalue weighted by molar-refractivity contribution is 8.01. The fourth-order valence-electron chi connectivity index (χ4n) is 5.58. The smallest absolute Gasteiger partial charge is 0.330 e. The van der Waals surface area contributed by atoms with E-state index in [2.05, 4.69) is 31.5 Å². The Morgan fingerprint density at radius 1 is 1.28 bits per heavy atom. The van der Waals surface area contributed by atoms with E-state index in [9.17, 15) is 19.7 Å². The summed E-state index contributed by atoms with van der Waals surface area (Å²) < 4.78 is 7.69. The number of fused-ring (bicyclic) bond motifs is 1. The maximum Gasteiger partial charge on any atom is 0.330 e. The lowest BCUT2D eigenvalue weighted by atomic mass is 9.95. The van der Waals surface area contributed by atoms with E-state index in [0.29, 0.717) is 5.56 Å². The molecule has 1 aromatic rings. The van der Waals surface area contributed by atoms with Crippen molar-refractivity contribution in [2.24, 2.45) is 0 Å². The maximum absolute atomic E-state index is 13.4. The molecule has 32 heavy (non-hydrogen) atoms. The maximum atomic E-state index is 13.4. The summed E-state index contributed by atoms with van der Waals surface area (Å²) in [6.07, 6.45) is 0. The molecule has 3 heterocycles. The molecule has 3 saturated heterocycles. The van der Waals surface area contributed by atoms with E-state index in [1.807, 2.05) is 13.8 Å². The largest absolute Gasteiger partial charge is 0.459 e. The Bertz CT molecular complexity index is 953. The Morgan fingerprint density at radius 3 is 2.44 bits per heavy atom. The van der Waals surface area contributed by atoms with Crippen LogP contribution in [0.15, 0.2) is 24.3 Å². The molecular weight excluding hydrogens is 462 g/mol. The molecule has 0 aromatic heterocycles. The second-order valence-electron chi connectivity index (χ2n) is 10.7. The van der Waals surface area contributed by atoms with Crippen LogP contribution < -0.4 is 0 Å². The molecule has 0 aliphatic carbocycles. The number of nitrogens with zero attached hydrogens (tertiary/aromatic N) is 3. The van der Waals surface area contributed by atoms with Gasteiger partial charge in [0, 0.05) is 26.4 Å².